The van der Waals surface area contributed by atoms with Crippen molar-refractivity contribution in [1.29, 1.82) is 0 Å². The number of halogens is 2. The number of aliphatic carboxylic acids is 1. The zero-order valence-corrected chi connectivity index (χ0v) is 17.9. The SMILES string of the molecule is COc1cc(/C=C2/NC(=O)N(c3cccc(Cl)c3)C2=O)cc(I)c1OCC(=O)O. The molecule has 2 aromatic rings. The molecule has 1 saturated heterocycles. The van der Waals surface area contributed by atoms with E-state index in [1.165, 1.54) is 19.3 Å². The van der Waals surface area contributed by atoms with E-state index in [9.17, 15) is 14.4 Å². The highest BCUT2D eigenvalue weighted by molar-refractivity contribution is 14.1. The summed E-state index contributed by atoms with van der Waals surface area (Å²) < 4.78 is 11.1. The van der Waals surface area contributed by atoms with Crippen molar-refractivity contribution < 1.29 is 29.0 Å². The molecule has 0 radical (unpaired) electrons. The number of carboxylic acid groups (broad SMARTS) is 1. The maximum Gasteiger partial charge on any atom is 0.341 e. The monoisotopic (exact) mass is 528 g/mol. The van der Waals surface area contributed by atoms with Gasteiger partial charge in [-0.2, -0.15) is 0 Å². The Hall–Kier alpha value is -2.79. The summed E-state index contributed by atoms with van der Waals surface area (Å²) in [5, 5.41) is 11.7. The van der Waals surface area contributed by atoms with Gasteiger partial charge in [-0.05, 0) is 64.6 Å². The lowest BCUT2D eigenvalue weighted by atomic mass is 10.1. The summed E-state index contributed by atoms with van der Waals surface area (Å²) in [6, 6.07) is 9.07. The summed E-state index contributed by atoms with van der Waals surface area (Å²) in [7, 11) is 1.42. The van der Waals surface area contributed by atoms with Gasteiger partial charge in [0, 0.05) is 5.02 Å². The second-order valence-corrected chi connectivity index (χ2v) is 7.42. The van der Waals surface area contributed by atoms with Gasteiger partial charge in [-0.1, -0.05) is 17.7 Å². The predicted molar refractivity (Wildman–Crippen MR) is 114 cm³/mol. The van der Waals surface area contributed by atoms with Crippen molar-refractivity contribution in [2.75, 3.05) is 18.6 Å². The third-order valence-electron chi connectivity index (χ3n) is 3.85. The second-order valence-electron chi connectivity index (χ2n) is 5.83. The van der Waals surface area contributed by atoms with E-state index in [1.54, 1.807) is 30.3 Å². The van der Waals surface area contributed by atoms with Crippen LogP contribution in [0.25, 0.3) is 6.08 Å². The minimum atomic E-state index is -1.12. The van der Waals surface area contributed by atoms with Crippen LogP contribution in [0, 0.1) is 3.57 Å². The lowest BCUT2D eigenvalue weighted by Gasteiger charge is -2.12. The van der Waals surface area contributed by atoms with Crippen LogP contribution < -0.4 is 19.7 Å². The van der Waals surface area contributed by atoms with E-state index in [0.717, 1.165) is 4.90 Å². The van der Waals surface area contributed by atoms with E-state index in [-0.39, 0.29) is 11.4 Å². The molecule has 0 aromatic heterocycles. The summed E-state index contributed by atoms with van der Waals surface area (Å²) in [6.07, 6.45) is 1.50. The lowest BCUT2D eigenvalue weighted by molar-refractivity contribution is -0.139. The molecule has 0 unspecified atom stereocenters. The molecule has 3 rings (SSSR count). The van der Waals surface area contributed by atoms with Gasteiger partial charge in [-0.25, -0.2) is 14.5 Å². The molecular formula is C19H14ClIN2O6. The maximum absolute atomic E-state index is 12.7. The number of hydrogen-bond donors (Lipinski definition) is 2. The van der Waals surface area contributed by atoms with Gasteiger partial charge >= 0.3 is 12.0 Å². The number of urea groups is 1. The second kappa shape index (κ2) is 8.70. The summed E-state index contributed by atoms with van der Waals surface area (Å²) in [6.45, 7) is -0.518. The molecule has 29 heavy (non-hydrogen) atoms. The first-order chi connectivity index (χ1) is 13.8. The topological polar surface area (TPSA) is 105 Å². The number of imide groups is 1. The maximum atomic E-state index is 12.7. The zero-order valence-electron chi connectivity index (χ0n) is 14.9. The van der Waals surface area contributed by atoms with Gasteiger partial charge in [0.15, 0.2) is 18.1 Å². The number of methoxy groups -OCH3 is 1. The number of ether oxygens (including phenoxy) is 2. The Morgan fingerprint density at radius 1 is 1.31 bits per heavy atom. The number of rotatable bonds is 6. The molecule has 0 aliphatic carbocycles. The van der Waals surface area contributed by atoms with Crippen molar-refractivity contribution >= 4 is 63.9 Å². The third kappa shape index (κ3) is 4.62. The molecule has 0 saturated carbocycles. The normalized spacial score (nSPS) is 14.9. The number of carbonyl (C=O) groups excluding carboxylic acids is 2. The molecule has 150 valence electrons. The van der Waals surface area contributed by atoms with Gasteiger partial charge in [0.1, 0.15) is 5.70 Å². The Bertz CT molecular complexity index is 1040. The zero-order chi connectivity index (χ0) is 21.1. The Labute approximate surface area is 184 Å². The summed E-state index contributed by atoms with van der Waals surface area (Å²) >= 11 is 7.92. The van der Waals surface area contributed by atoms with Crippen molar-refractivity contribution in [3.05, 3.63) is 56.3 Å². The Kier molecular flexibility index (Phi) is 6.28. The molecule has 8 nitrogen and oxygen atoms in total. The Morgan fingerprint density at radius 3 is 2.72 bits per heavy atom. The average Bonchev–Trinajstić information content (AvgIpc) is 2.93. The fraction of sp³-hybridized carbons (Fsp3) is 0.105. The highest BCUT2D eigenvalue weighted by Crippen LogP contribution is 2.35. The molecule has 0 atom stereocenters. The molecular weight excluding hydrogens is 515 g/mol. The van der Waals surface area contributed by atoms with Crippen LogP contribution in [0.2, 0.25) is 5.02 Å². The van der Waals surface area contributed by atoms with E-state index < -0.39 is 24.5 Å². The first-order valence-electron chi connectivity index (χ1n) is 8.15. The van der Waals surface area contributed by atoms with Gasteiger partial charge in [0.25, 0.3) is 5.91 Å². The number of hydrogen-bond acceptors (Lipinski definition) is 5. The standard InChI is InChI=1S/C19H14ClIN2O6/c1-28-15-7-10(5-13(21)17(15)29-9-16(24)25)6-14-18(26)23(19(27)22-14)12-4-2-3-11(20)8-12/h2-8H,9H2,1H3,(H,22,27)(H,24,25)/b14-6+. The Morgan fingerprint density at radius 2 is 2.07 bits per heavy atom. The molecule has 3 amide bonds. The van der Waals surface area contributed by atoms with Crippen LogP contribution in [0.1, 0.15) is 5.56 Å². The minimum Gasteiger partial charge on any atom is -0.493 e. The van der Waals surface area contributed by atoms with Crippen LogP contribution in [-0.2, 0) is 9.59 Å². The molecule has 0 spiro atoms. The molecule has 1 aliphatic rings. The largest absolute Gasteiger partial charge is 0.493 e. The van der Waals surface area contributed by atoms with E-state index >= 15 is 0 Å². The predicted octanol–water partition coefficient (Wildman–Crippen LogP) is 3.51. The van der Waals surface area contributed by atoms with E-state index in [4.69, 9.17) is 26.2 Å². The number of amides is 3. The third-order valence-corrected chi connectivity index (χ3v) is 4.88. The van der Waals surface area contributed by atoms with Crippen molar-refractivity contribution in [3.63, 3.8) is 0 Å². The first-order valence-corrected chi connectivity index (χ1v) is 9.60. The van der Waals surface area contributed by atoms with E-state index in [1.807, 2.05) is 22.6 Å². The van der Waals surface area contributed by atoms with Crippen molar-refractivity contribution in [3.8, 4) is 11.5 Å². The summed E-state index contributed by atoms with van der Waals surface area (Å²) in [5.41, 5.74) is 0.991. The highest BCUT2D eigenvalue weighted by Gasteiger charge is 2.35. The number of carboxylic acids is 1. The molecule has 2 N–H and O–H groups in total. The van der Waals surface area contributed by atoms with E-state index in [0.29, 0.717) is 25.6 Å². The first kappa shape index (κ1) is 20.9. The van der Waals surface area contributed by atoms with Gasteiger partial charge in [-0.15, -0.1) is 0 Å². The van der Waals surface area contributed by atoms with Crippen LogP contribution in [0.15, 0.2) is 42.1 Å². The number of carbonyl (C=O) groups is 3. The summed E-state index contributed by atoms with van der Waals surface area (Å²) in [4.78, 5) is 36.8. The smallest absolute Gasteiger partial charge is 0.341 e. The number of nitrogens with zero attached hydrogens (tertiary/aromatic N) is 1. The molecule has 1 fully saturated rings. The molecule has 0 bridgehead atoms. The van der Waals surface area contributed by atoms with E-state index in [2.05, 4.69) is 5.32 Å². The van der Waals surface area contributed by atoms with Gasteiger partial charge < -0.3 is 19.9 Å². The van der Waals surface area contributed by atoms with Crippen molar-refractivity contribution in [1.82, 2.24) is 5.32 Å². The number of anilines is 1. The molecule has 10 heteroatoms. The molecule has 2 aromatic carbocycles. The fourth-order valence-electron chi connectivity index (χ4n) is 2.65. The fourth-order valence-corrected chi connectivity index (χ4v) is 3.61. The van der Waals surface area contributed by atoms with Gasteiger partial charge in [0.05, 0.1) is 16.4 Å². The number of nitrogens with one attached hydrogen (secondary N) is 1. The van der Waals surface area contributed by atoms with Crippen molar-refractivity contribution in [2.24, 2.45) is 0 Å². The van der Waals surface area contributed by atoms with Gasteiger partial charge in [0.2, 0.25) is 0 Å². The summed E-state index contributed by atoms with van der Waals surface area (Å²) in [5.74, 6) is -1.07. The van der Waals surface area contributed by atoms with Crippen molar-refractivity contribution in [2.45, 2.75) is 0 Å². The lowest BCUT2D eigenvalue weighted by Crippen LogP contribution is -2.30. The van der Waals surface area contributed by atoms with Crippen LogP contribution in [0.3, 0.4) is 0 Å². The quantitative estimate of drug-likeness (QED) is 0.338. The Balaban J connectivity index is 1.92. The average molecular weight is 529 g/mol. The number of benzene rings is 2. The van der Waals surface area contributed by atoms with Crippen LogP contribution in [-0.4, -0.2) is 36.7 Å². The van der Waals surface area contributed by atoms with Crippen LogP contribution in [0.5, 0.6) is 11.5 Å². The van der Waals surface area contributed by atoms with Crippen LogP contribution >= 0.6 is 34.2 Å². The molecule has 1 heterocycles. The van der Waals surface area contributed by atoms with Crippen LogP contribution in [0.4, 0.5) is 10.5 Å². The minimum absolute atomic E-state index is 0.0760. The molecule has 1 aliphatic heterocycles. The highest BCUT2D eigenvalue weighted by atomic mass is 127. The van der Waals surface area contributed by atoms with Gasteiger partial charge in [-0.3, -0.25) is 4.79 Å².